The molecule has 0 radical (unpaired) electrons. The van der Waals surface area contributed by atoms with Crippen LogP contribution < -0.4 is 15.0 Å². The van der Waals surface area contributed by atoms with Crippen LogP contribution in [-0.4, -0.2) is 26.9 Å². The van der Waals surface area contributed by atoms with E-state index in [4.69, 9.17) is 14.5 Å². The third kappa shape index (κ3) is 4.34. The highest BCUT2D eigenvalue weighted by Gasteiger charge is 2.27. The molecule has 8 heteroatoms. The summed E-state index contributed by atoms with van der Waals surface area (Å²) in [5.74, 6) is 1.53. The molecule has 0 saturated heterocycles. The van der Waals surface area contributed by atoms with Crippen LogP contribution in [-0.2, 0) is 7.05 Å². The fourth-order valence-electron chi connectivity index (χ4n) is 4.96. The van der Waals surface area contributed by atoms with Gasteiger partial charge in [0.25, 0.3) is 5.56 Å². The number of carbonyl (C=O) groups excluding carboxylic acids is 1. The first-order chi connectivity index (χ1) is 19.4. The van der Waals surface area contributed by atoms with E-state index in [1.165, 1.54) is 16.9 Å². The number of ketones is 1. The fourth-order valence-corrected chi connectivity index (χ4v) is 6.10. The summed E-state index contributed by atoms with van der Waals surface area (Å²) in [5.41, 5.74) is 4.83. The summed E-state index contributed by atoms with van der Waals surface area (Å²) in [6.45, 7) is 6.37. The quantitative estimate of drug-likeness (QED) is 0.209. The Labute approximate surface area is 236 Å². The van der Waals surface area contributed by atoms with Crippen molar-refractivity contribution < 1.29 is 14.3 Å². The number of benzene rings is 3. The highest BCUT2D eigenvalue weighted by Crippen LogP contribution is 2.40. The summed E-state index contributed by atoms with van der Waals surface area (Å²) in [4.78, 5) is 33.1. The van der Waals surface area contributed by atoms with Crippen LogP contribution >= 0.6 is 11.3 Å². The van der Waals surface area contributed by atoms with Crippen molar-refractivity contribution in [1.29, 1.82) is 0 Å². The van der Waals surface area contributed by atoms with E-state index in [-0.39, 0.29) is 18.1 Å². The van der Waals surface area contributed by atoms with E-state index in [0.717, 1.165) is 23.4 Å². The van der Waals surface area contributed by atoms with Gasteiger partial charge in [0, 0.05) is 23.9 Å². The van der Waals surface area contributed by atoms with Crippen LogP contribution in [0.5, 0.6) is 11.5 Å². The average Bonchev–Trinajstić information content (AvgIpc) is 3.69. The van der Waals surface area contributed by atoms with Gasteiger partial charge in [-0.3, -0.25) is 14.3 Å². The molecule has 3 heterocycles. The van der Waals surface area contributed by atoms with Gasteiger partial charge in [-0.1, -0.05) is 56.3 Å². The Hall–Kier alpha value is -4.43. The van der Waals surface area contributed by atoms with Gasteiger partial charge in [-0.05, 0) is 55.2 Å². The number of hydrogen-bond donors (Lipinski definition) is 0. The van der Waals surface area contributed by atoms with E-state index in [1.54, 1.807) is 4.68 Å². The lowest BCUT2D eigenvalue weighted by Gasteiger charge is -2.09. The summed E-state index contributed by atoms with van der Waals surface area (Å²) < 4.78 is 14.5. The number of ether oxygens (including phenoxy) is 2. The van der Waals surface area contributed by atoms with Crippen molar-refractivity contribution in [3.05, 3.63) is 105 Å². The molecule has 0 bridgehead atoms. The number of carbonyl (C=O) groups is 1. The van der Waals surface area contributed by atoms with E-state index in [9.17, 15) is 9.59 Å². The SMILES string of the molecule is CCC(C)c1ccc(C(=O)c2sc(-c3c(C)n(C)n(-c4ccccc4)c3=O)nc2-c2ccc3c(c2)OCO3)cc1. The number of para-hydroxylation sites is 1. The molecule has 0 spiro atoms. The predicted molar refractivity (Wildman–Crippen MR) is 157 cm³/mol. The minimum atomic E-state index is -0.186. The van der Waals surface area contributed by atoms with E-state index >= 15 is 0 Å². The maximum Gasteiger partial charge on any atom is 0.281 e. The molecule has 0 fully saturated rings. The molecule has 2 aromatic heterocycles. The van der Waals surface area contributed by atoms with Crippen molar-refractivity contribution >= 4 is 17.1 Å². The highest BCUT2D eigenvalue weighted by molar-refractivity contribution is 7.17. The number of fused-ring (bicyclic) bond motifs is 1. The molecule has 5 aromatic rings. The molecule has 0 amide bonds. The summed E-state index contributed by atoms with van der Waals surface area (Å²) in [6.07, 6.45) is 1.02. The van der Waals surface area contributed by atoms with Crippen LogP contribution in [0.25, 0.3) is 27.5 Å². The Morgan fingerprint density at radius 2 is 1.75 bits per heavy atom. The van der Waals surface area contributed by atoms with Crippen molar-refractivity contribution in [3.8, 4) is 39.0 Å². The number of thiazole rings is 1. The third-order valence-electron chi connectivity index (χ3n) is 7.60. The maximum absolute atomic E-state index is 14.0. The Morgan fingerprint density at radius 1 is 1.02 bits per heavy atom. The second-order valence-corrected chi connectivity index (χ2v) is 11.0. The van der Waals surface area contributed by atoms with Crippen molar-refractivity contribution in [2.45, 2.75) is 33.1 Å². The lowest BCUT2D eigenvalue weighted by atomic mass is 9.96. The molecule has 1 unspecified atom stereocenters. The largest absolute Gasteiger partial charge is 0.454 e. The number of rotatable bonds is 7. The average molecular weight is 552 g/mol. The van der Waals surface area contributed by atoms with E-state index < -0.39 is 0 Å². The monoisotopic (exact) mass is 551 g/mol. The van der Waals surface area contributed by atoms with E-state index in [1.807, 2.05) is 91.4 Å². The zero-order valence-electron chi connectivity index (χ0n) is 22.8. The van der Waals surface area contributed by atoms with Crippen LogP contribution in [0.15, 0.2) is 77.6 Å². The summed E-state index contributed by atoms with van der Waals surface area (Å²) >= 11 is 1.24. The van der Waals surface area contributed by atoms with Gasteiger partial charge in [-0.25, -0.2) is 9.67 Å². The second kappa shape index (κ2) is 10.3. The van der Waals surface area contributed by atoms with Gasteiger partial charge >= 0.3 is 0 Å². The van der Waals surface area contributed by atoms with Crippen molar-refractivity contribution in [2.75, 3.05) is 6.79 Å². The molecule has 0 aliphatic carbocycles. The van der Waals surface area contributed by atoms with Gasteiger partial charge in [-0.2, -0.15) is 0 Å². The topological polar surface area (TPSA) is 75.4 Å². The number of aromatic nitrogens is 3. The normalized spacial score (nSPS) is 13.0. The van der Waals surface area contributed by atoms with Crippen LogP contribution in [0, 0.1) is 6.92 Å². The standard InChI is InChI=1S/C32H29N3O4S/c1-5-19(2)21-11-13-22(14-12-21)29(36)30-28(23-15-16-25-26(17-23)39-18-38-25)33-31(40-30)27-20(3)34(4)35(32(27)37)24-9-7-6-8-10-24/h6-17,19H,5,18H2,1-4H3. The molecule has 1 aliphatic rings. The molecule has 202 valence electrons. The van der Waals surface area contributed by atoms with Gasteiger partial charge in [0.1, 0.15) is 9.88 Å². The molecule has 1 aliphatic heterocycles. The Balaban J connectivity index is 1.50. The van der Waals surface area contributed by atoms with Gasteiger partial charge in [-0.15, -0.1) is 11.3 Å². The third-order valence-corrected chi connectivity index (χ3v) is 8.67. The smallest absolute Gasteiger partial charge is 0.281 e. The second-order valence-electron chi connectivity index (χ2n) is 9.96. The number of nitrogens with zero attached hydrogens (tertiary/aromatic N) is 3. The van der Waals surface area contributed by atoms with Crippen LogP contribution in [0.2, 0.25) is 0 Å². The molecule has 7 nitrogen and oxygen atoms in total. The first-order valence-electron chi connectivity index (χ1n) is 13.3. The van der Waals surface area contributed by atoms with Crippen molar-refractivity contribution in [1.82, 2.24) is 14.3 Å². The Morgan fingerprint density at radius 3 is 2.48 bits per heavy atom. The van der Waals surface area contributed by atoms with Crippen molar-refractivity contribution in [3.63, 3.8) is 0 Å². The minimum Gasteiger partial charge on any atom is -0.454 e. The summed E-state index contributed by atoms with van der Waals surface area (Å²) in [5, 5.41) is 0.500. The van der Waals surface area contributed by atoms with Gasteiger partial charge in [0.05, 0.1) is 16.9 Å². The van der Waals surface area contributed by atoms with Crippen LogP contribution in [0.1, 0.15) is 52.7 Å². The predicted octanol–water partition coefficient (Wildman–Crippen LogP) is 6.75. The highest BCUT2D eigenvalue weighted by atomic mass is 32.1. The van der Waals surface area contributed by atoms with Crippen molar-refractivity contribution in [2.24, 2.45) is 7.05 Å². The lowest BCUT2D eigenvalue weighted by molar-refractivity contribution is 0.104. The maximum atomic E-state index is 14.0. The first-order valence-corrected chi connectivity index (χ1v) is 14.1. The molecule has 1 atom stereocenters. The van der Waals surface area contributed by atoms with E-state index in [2.05, 4.69) is 13.8 Å². The minimum absolute atomic E-state index is 0.135. The summed E-state index contributed by atoms with van der Waals surface area (Å²) in [6, 6.07) is 22.8. The molecular weight excluding hydrogens is 522 g/mol. The molecule has 0 N–H and O–H groups in total. The molecule has 3 aromatic carbocycles. The van der Waals surface area contributed by atoms with E-state index in [0.29, 0.717) is 44.1 Å². The summed E-state index contributed by atoms with van der Waals surface area (Å²) in [7, 11) is 1.85. The fraction of sp³-hybridized carbons (Fsp3) is 0.219. The van der Waals surface area contributed by atoms with Gasteiger partial charge < -0.3 is 9.47 Å². The molecule has 6 rings (SSSR count). The van der Waals surface area contributed by atoms with Crippen LogP contribution in [0.3, 0.4) is 0 Å². The van der Waals surface area contributed by atoms with Gasteiger partial charge in [0.2, 0.25) is 12.6 Å². The van der Waals surface area contributed by atoms with Crippen LogP contribution in [0.4, 0.5) is 0 Å². The van der Waals surface area contributed by atoms with Gasteiger partial charge in [0.15, 0.2) is 11.5 Å². The Kier molecular flexibility index (Phi) is 6.64. The molecule has 40 heavy (non-hydrogen) atoms. The first kappa shape index (κ1) is 25.8. The molecular formula is C32H29N3O4S. The number of hydrogen-bond acceptors (Lipinski definition) is 6. The Bertz CT molecular complexity index is 1780. The lowest BCUT2D eigenvalue weighted by Crippen LogP contribution is -2.20. The molecule has 0 saturated carbocycles. The zero-order chi connectivity index (χ0) is 28.0. The zero-order valence-corrected chi connectivity index (χ0v) is 23.6.